The zero-order valence-corrected chi connectivity index (χ0v) is 15.5. The van der Waals surface area contributed by atoms with Crippen LogP contribution in [0.15, 0.2) is 55.0 Å². The summed E-state index contributed by atoms with van der Waals surface area (Å²) in [6.45, 7) is 1.77. The number of β-amino-alcohol motifs (C(OH)–C–C–N with tert-alkyl or cyclic N) is 1. The van der Waals surface area contributed by atoms with Crippen molar-refractivity contribution in [3.8, 4) is 11.3 Å². The van der Waals surface area contributed by atoms with Crippen LogP contribution in [0.25, 0.3) is 11.3 Å². The molecular weight excluding hydrogens is 354 g/mol. The van der Waals surface area contributed by atoms with E-state index in [9.17, 15) is 9.90 Å². The van der Waals surface area contributed by atoms with Gasteiger partial charge < -0.3 is 20.3 Å². The Labute approximate surface area is 163 Å². The summed E-state index contributed by atoms with van der Waals surface area (Å²) in [6.07, 6.45) is 4.68. The number of anilines is 1. The summed E-state index contributed by atoms with van der Waals surface area (Å²) in [5, 5.41) is 12.9. The number of imidazole rings is 1. The standard InChI is InChI=1S/C21H23N5O2/c27-17-9-5-11-26(13-17)20-16(8-4-10-22-20)12-23-21(28)19-18(24-14-25-19)15-6-2-1-3-7-15/h1-4,6-8,10,14,17,27H,5,9,11-13H2,(H,23,28)(H,24,25). The molecule has 7 nitrogen and oxygen atoms in total. The van der Waals surface area contributed by atoms with Crippen molar-refractivity contribution in [1.29, 1.82) is 0 Å². The first kappa shape index (κ1) is 18.2. The Hall–Kier alpha value is -3.19. The molecule has 3 N–H and O–H groups in total. The summed E-state index contributed by atoms with van der Waals surface area (Å²) < 4.78 is 0. The number of aliphatic hydroxyl groups excluding tert-OH is 1. The smallest absolute Gasteiger partial charge is 0.270 e. The molecule has 1 unspecified atom stereocenters. The van der Waals surface area contributed by atoms with E-state index < -0.39 is 0 Å². The van der Waals surface area contributed by atoms with Gasteiger partial charge in [0, 0.05) is 37.0 Å². The maximum absolute atomic E-state index is 12.8. The van der Waals surface area contributed by atoms with E-state index in [4.69, 9.17) is 0 Å². The third-order valence-electron chi connectivity index (χ3n) is 4.92. The largest absolute Gasteiger partial charge is 0.391 e. The van der Waals surface area contributed by atoms with Gasteiger partial charge in [0.15, 0.2) is 0 Å². The van der Waals surface area contributed by atoms with Gasteiger partial charge in [0.2, 0.25) is 0 Å². The van der Waals surface area contributed by atoms with Gasteiger partial charge >= 0.3 is 0 Å². The molecule has 7 heteroatoms. The van der Waals surface area contributed by atoms with Gasteiger partial charge in [-0.05, 0) is 18.9 Å². The molecule has 2 aromatic heterocycles. The highest BCUT2D eigenvalue weighted by atomic mass is 16.3. The van der Waals surface area contributed by atoms with Crippen LogP contribution in [-0.2, 0) is 6.54 Å². The molecule has 28 heavy (non-hydrogen) atoms. The average molecular weight is 377 g/mol. The van der Waals surface area contributed by atoms with Crippen molar-refractivity contribution >= 4 is 11.7 Å². The van der Waals surface area contributed by atoms with Gasteiger partial charge in [0.25, 0.3) is 5.91 Å². The minimum absolute atomic E-state index is 0.218. The fourth-order valence-corrected chi connectivity index (χ4v) is 3.55. The topological polar surface area (TPSA) is 94.1 Å². The van der Waals surface area contributed by atoms with Crippen molar-refractivity contribution in [2.45, 2.75) is 25.5 Å². The highest BCUT2D eigenvalue weighted by Gasteiger charge is 2.21. The summed E-state index contributed by atoms with van der Waals surface area (Å²) in [6, 6.07) is 13.4. The van der Waals surface area contributed by atoms with E-state index in [2.05, 4.69) is 25.2 Å². The summed E-state index contributed by atoms with van der Waals surface area (Å²) >= 11 is 0. The fourth-order valence-electron chi connectivity index (χ4n) is 3.55. The van der Waals surface area contributed by atoms with Crippen LogP contribution >= 0.6 is 0 Å². The molecule has 1 aliphatic heterocycles. The number of aromatic amines is 1. The summed E-state index contributed by atoms with van der Waals surface area (Å²) in [5.41, 5.74) is 2.87. The van der Waals surface area contributed by atoms with Crippen LogP contribution < -0.4 is 10.2 Å². The first-order valence-electron chi connectivity index (χ1n) is 9.46. The predicted molar refractivity (Wildman–Crippen MR) is 107 cm³/mol. The van der Waals surface area contributed by atoms with Gasteiger partial charge in [0.05, 0.1) is 12.4 Å². The number of piperidine rings is 1. The molecule has 1 aromatic carbocycles. The molecule has 0 radical (unpaired) electrons. The number of pyridine rings is 1. The Bertz CT molecular complexity index is 941. The van der Waals surface area contributed by atoms with E-state index in [0.717, 1.165) is 36.3 Å². The quantitative estimate of drug-likeness (QED) is 0.635. The van der Waals surface area contributed by atoms with Crippen LogP contribution in [0.3, 0.4) is 0 Å². The number of rotatable bonds is 5. The third-order valence-corrected chi connectivity index (χ3v) is 4.92. The fraction of sp³-hybridized carbons (Fsp3) is 0.286. The Balaban J connectivity index is 1.49. The molecule has 1 aliphatic rings. The van der Waals surface area contributed by atoms with E-state index in [0.29, 0.717) is 24.5 Å². The van der Waals surface area contributed by atoms with Crippen molar-refractivity contribution < 1.29 is 9.90 Å². The zero-order valence-electron chi connectivity index (χ0n) is 15.5. The van der Waals surface area contributed by atoms with Crippen molar-refractivity contribution in [2.24, 2.45) is 0 Å². The number of nitrogens with one attached hydrogen (secondary N) is 2. The molecule has 3 aromatic rings. The minimum atomic E-state index is -0.336. The summed E-state index contributed by atoms with van der Waals surface area (Å²) in [7, 11) is 0. The molecule has 4 rings (SSSR count). The highest BCUT2D eigenvalue weighted by Crippen LogP contribution is 2.23. The number of benzene rings is 1. The van der Waals surface area contributed by atoms with Gasteiger partial charge in [-0.1, -0.05) is 36.4 Å². The predicted octanol–water partition coefficient (Wildman–Crippen LogP) is 2.36. The van der Waals surface area contributed by atoms with E-state index >= 15 is 0 Å². The molecule has 0 bridgehead atoms. The van der Waals surface area contributed by atoms with Crippen LogP contribution in [0.5, 0.6) is 0 Å². The van der Waals surface area contributed by atoms with Gasteiger partial charge in [-0.25, -0.2) is 9.97 Å². The molecule has 0 spiro atoms. The molecule has 1 saturated heterocycles. The van der Waals surface area contributed by atoms with Gasteiger partial charge in [-0.2, -0.15) is 0 Å². The third kappa shape index (κ3) is 3.89. The number of aromatic nitrogens is 3. The van der Waals surface area contributed by atoms with Crippen molar-refractivity contribution in [3.05, 3.63) is 66.2 Å². The Morgan fingerprint density at radius 2 is 2.07 bits per heavy atom. The molecule has 0 saturated carbocycles. The molecule has 1 amide bonds. The number of hydrogen-bond acceptors (Lipinski definition) is 5. The number of carbonyl (C=O) groups is 1. The van der Waals surface area contributed by atoms with E-state index in [1.54, 1.807) is 6.20 Å². The molecule has 1 atom stereocenters. The number of carbonyl (C=O) groups excluding carboxylic acids is 1. The maximum Gasteiger partial charge on any atom is 0.270 e. The number of nitrogens with zero attached hydrogens (tertiary/aromatic N) is 3. The van der Waals surface area contributed by atoms with Gasteiger partial charge in [-0.15, -0.1) is 0 Å². The monoisotopic (exact) mass is 377 g/mol. The second-order valence-corrected chi connectivity index (χ2v) is 6.90. The molecular formula is C21H23N5O2. The second kappa shape index (κ2) is 8.22. The van der Waals surface area contributed by atoms with Crippen LogP contribution in [-0.4, -0.2) is 45.2 Å². The van der Waals surface area contributed by atoms with Gasteiger partial charge in [0.1, 0.15) is 17.2 Å². The van der Waals surface area contributed by atoms with Crippen LogP contribution in [0, 0.1) is 0 Å². The van der Waals surface area contributed by atoms with Crippen LogP contribution in [0.4, 0.5) is 5.82 Å². The van der Waals surface area contributed by atoms with E-state index in [-0.39, 0.29) is 12.0 Å². The van der Waals surface area contributed by atoms with Crippen molar-refractivity contribution in [1.82, 2.24) is 20.3 Å². The summed E-state index contributed by atoms with van der Waals surface area (Å²) in [5.74, 6) is 0.597. The molecule has 3 heterocycles. The lowest BCUT2D eigenvalue weighted by atomic mass is 10.1. The second-order valence-electron chi connectivity index (χ2n) is 6.90. The van der Waals surface area contributed by atoms with Crippen LogP contribution in [0.2, 0.25) is 0 Å². The van der Waals surface area contributed by atoms with Crippen LogP contribution in [0.1, 0.15) is 28.9 Å². The van der Waals surface area contributed by atoms with Crippen molar-refractivity contribution in [2.75, 3.05) is 18.0 Å². The first-order valence-corrected chi connectivity index (χ1v) is 9.46. The Morgan fingerprint density at radius 3 is 2.89 bits per heavy atom. The Morgan fingerprint density at radius 1 is 1.21 bits per heavy atom. The number of aliphatic hydroxyl groups is 1. The SMILES string of the molecule is O=C(NCc1cccnc1N1CCCC(O)C1)c1[nH]cnc1-c1ccccc1. The molecule has 144 valence electrons. The van der Waals surface area contributed by atoms with Gasteiger partial charge in [-0.3, -0.25) is 4.79 Å². The normalized spacial score (nSPS) is 16.8. The number of hydrogen-bond donors (Lipinski definition) is 3. The summed E-state index contributed by atoms with van der Waals surface area (Å²) in [4.78, 5) is 26.6. The number of amides is 1. The lowest BCUT2D eigenvalue weighted by Crippen LogP contribution is -2.39. The molecule has 0 aliphatic carbocycles. The maximum atomic E-state index is 12.8. The van der Waals surface area contributed by atoms with E-state index in [1.807, 2.05) is 42.5 Å². The average Bonchev–Trinajstić information content (AvgIpc) is 3.23. The zero-order chi connectivity index (χ0) is 19.3. The Kier molecular flexibility index (Phi) is 5.34. The highest BCUT2D eigenvalue weighted by molar-refractivity contribution is 5.98. The number of H-pyrrole nitrogens is 1. The minimum Gasteiger partial charge on any atom is -0.391 e. The van der Waals surface area contributed by atoms with E-state index in [1.165, 1.54) is 6.33 Å². The lowest BCUT2D eigenvalue weighted by Gasteiger charge is -2.32. The lowest BCUT2D eigenvalue weighted by molar-refractivity contribution is 0.0947. The first-order chi connectivity index (χ1) is 13.7. The molecule has 1 fully saturated rings. The van der Waals surface area contributed by atoms with Crippen molar-refractivity contribution in [3.63, 3.8) is 0 Å².